The van der Waals surface area contributed by atoms with Crippen molar-refractivity contribution in [1.82, 2.24) is 5.32 Å². The molecule has 120 valence electrons. The molecule has 0 saturated carbocycles. The third kappa shape index (κ3) is 3.43. The first-order valence-electron chi connectivity index (χ1n) is 6.38. The van der Waals surface area contributed by atoms with Crippen molar-refractivity contribution in [2.75, 3.05) is 0 Å². The van der Waals surface area contributed by atoms with Crippen molar-refractivity contribution in [2.24, 2.45) is 0 Å². The maximum absolute atomic E-state index is 12.0. The third-order valence-corrected chi connectivity index (χ3v) is 3.08. The molecule has 6 N–H and O–H groups in total. The van der Waals surface area contributed by atoms with Crippen LogP contribution in [0.3, 0.4) is 0 Å². The lowest BCUT2D eigenvalue weighted by molar-refractivity contribution is 0.0692. The molecular formula is C15H13NO7. The van der Waals surface area contributed by atoms with Gasteiger partial charge in [0.15, 0.2) is 11.5 Å². The number of nitrogens with one attached hydrogen (secondary N) is 1. The van der Waals surface area contributed by atoms with Gasteiger partial charge < -0.3 is 30.8 Å². The molecule has 0 aliphatic rings. The molecule has 0 spiro atoms. The van der Waals surface area contributed by atoms with Crippen LogP contribution in [-0.4, -0.2) is 37.4 Å². The molecule has 0 bridgehead atoms. The first-order chi connectivity index (χ1) is 10.8. The lowest BCUT2D eigenvalue weighted by Crippen LogP contribution is -2.23. The Morgan fingerprint density at radius 1 is 0.826 bits per heavy atom. The van der Waals surface area contributed by atoms with Crippen molar-refractivity contribution in [1.29, 1.82) is 0 Å². The molecule has 0 fully saturated rings. The summed E-state index contributed by atoms with van der Waals surface area (Å²) in [5.41, 5.74) is -0.336. The van der Waals surface area contributed by atoms with Crippen molar-refractivity contribution in [3.8, 4) is 23.0 Å². The number of carboxylic acid groups (broad SMARTS) is 1. The molecule has 2 aromatic rings. The Bertz CT molecular complexity index is 786. The molecule has 0 radical (unpaired) electrons. The van der Waals surface area contributed by atoms with E-state index >= 15 is 0 Å². The summed E-state index contributed by atoms with van der Waals surface area (Å²) in [4.78, 5) is 22.8. The van der Waals surface area contributed by atoms with Gasteiger partial charge >= 0.3 is 5.97 Å². The second-order valence-electron chi connectivity index (χ2n) is 4.70. The van der Waals surface area contributed by atoms with Crippen LogP contribution in [0, 0.1) is 0 Å². The predicted octanol–water partition coefficient (Wildman–Crippen LogP) is 1.14. The lowest BCUT2D eigenvalue weighted by atomic mass is 10.1. The summed E-state index contributed by atoms with van der Waals surface area (Å²) >= 11 is 0. The molecule has 23 heavy (non-hydrogen) atoms. The summed E-state index contributed by atoms with van der Waals surface area (Å²) in [6.07, 6.45) is 0. The molecule has 2 rings (SSSR count). The van der Waals surface area contributed by atoms with E-state index in [4.69, 9.17) is 5.11 Å². The summed E-state index contributed by atoms with van der Waals surface area (Å²) < 4.78 is 0. The Kier molecular flexibility index (Phi) is 4.26. The van der Waals surface area contributed by atoms with E-state index in [1.165, 1.54) is 18.2 Å². The van der Waals surface area contributed by atoms with Crippen LogP contribution in [-0.2, 0) is 6.54 Å². The average molecular weight is 319 g/mol. The fourth-order valence-electron chi connectivity index (χ4n) is 1.89. The molecule has 0 aliphatic heterocycles. The number of aromatic carboxylic acids is 1. The van der Waals surface area contributed by atoms with Crippen molar-refractivity contribution < 1.29 is 35.1 Å². The van der Waals surface area contributed by atoms with Gasteiger partial charge in [-0.2, -0.15) is 0 Å². The van der Waals surface area contributed by atoms with E-state index in [1.54, 1.807) is 0 Å². The lowest BCUT2D eigenvalue weighted by Gasteiger charge is -2.09. The van der Waals surface area contributed by atoms with Crippen LogP contribution in [0.4, 0.5) is 0 Å². The van der Waals surface area contributed by atoms with E-state index in [2.05, 4.69) is 5.32 Å². The molecule has 0 heterocycles. The number of phenols is 4. The van der Waals surface area contributed by atoms with Crippen LogP contribution in [0.25, 0.3) is 0 Å². The SMILES string of the molecule is O=C(O)c1cc(O)c(C(=O)NCc2ccc(O)c(O)c2)cc1O. The standard InChI is InChI=1S/C15H13NO7/c17-10-2-1-7(3-13(10)20)6-16-14(21)8-4-12(19)9(15(22)23)5-11(8)18/h1-5,17-20H,6H2,(H,16,21)(H,22,23). The summed E-state index contributed by atoms with van der Waals surface area (Å²) in [7, 11) is 0. The number of aromatic hydroxyl groups is 4. The van der Waals surface area contributed by atoms with E-state index in [-0.39, 0.29) is 23.6 Å². The fraction of sp³-hybridized carbons (Fsp3) is 0.0667. The summed E-state index contributed by atoms with van der Waals surface area (Å²) in [5, 5.41) is 49.0. The van der Waals surface area contributed by atoms with E-state index in [0.717, 1.165) is 12.1 Å². The van der Waals surface area contributed by atoms with Gasteiger partial charge in [-0.25, -0.2) is 4.79 Å². The number of carboxylic acids is 1. The highest BCUT2D eigenvalue weighted by molar-refractivity contribution is 6.00. The van der Waals surface area contributed by atoms with Gasteiger partial charge in [0.1, 0.15) is 17.1 Å². The minimum Gasteiger partial charge on any atom is -0.507 e. The van der Waals surface area contributed by atoms with Gasteiger partial charge in [0.05, 0.1) is 5.56 Å². The molecule has 8 nitrogen and oxygen atoms in total. The maximum atomic E-state index is 12.0. The molecule has 0 unspecified atom stereocenters. The zero-order valence-electron chi connectivity index (χ0n) is 11.6. The van der Waals surface area contributed by atoms with E-state index in [1.807, 2.05) is 0 Å². The number of phenolic OH excluding ortho intramolecular Hbond substituents is 3. The number of hydrogen-bond donors (Lipinski definition) is 6. The van der Waals surface area contributed by atoms with Gasteiger partial charge in [-0.05, 0) is 29.8 Å². The van der Waals surface area contributed by atoms with Crippen LogP contribution in [0.2, 0.25) is 0 Å². The molecule has 1 amide bonds. The molecular weight excluding hydrogens is 306 g/mol. The molecule has 0 aromatic heterocycles. The monoisotopic (exact) mass is 319 g/mol. The van der Waals surface area contributed by atoms with Gasteiger partial charge in [-0.3, -0.25) is 4.79 Å². The van der Waals surface area contributed by atoms with E-state index < -0.39 is 28.9 Å². The first-order valence-corrected chi connectivity index (χ1v) is 6.38. The number of carbonyl (C=O) groups is 2. The quantitative estimate of drug-likeness (QED) is 0.365. The van der Waals surface area contributed by atoms with Crippen molar-refractivity contribution in [3.05, 3.63) is 47.0 Å². The maximum Gasteiger partial charge on any atom is 0.339 e. The average Bonchev–Trinajstić information content (AvgIpc) is 2.49. The van der Waals surface area contributed by atoms with Crippen molar-refractivity contribution in [3.63, 3.8) is 0 Å². The zero-order valence-corrected chi connectivity index (χ0v) is 11.6. The zero-order chi connectivity index (χ0) is 17.1. The molecule has 2 aromatic carbocycles. The van der Waals surface area contributed by atoms with Crippen molar-refractivity contribution >= 4 is 11.9 Å². The number of hydrogen-bond acceptors (Lipinski definition) is 6. The second-order valence-corrected chi connectivity index (χ2v) is 4.70. The number of benzene rings is 2. The predicted molar refractivity (Wildman–Crippen MR) is 77.7 cm³/mol. The van der Waals surface area contributed by atoms with Gasteiger partial charge in [0, 0.05) is 6.54 Å². The van der Waals surface area contributed by atoms with Gasteiger partial charge in [0.25, 0.3) is 5.91 Å². The van der Waals surface area contributed by atoms with Gasteiger partial charge in [-0.1, -0.05) is 6.07 Å². The number of amides is 1. The normalized spacial score (nSPS) is 10.3. The van der Waals surface area contributed by atoms with Crippen LogP contribution >= 0.6 is 0 Å². The van der Waals surface area contributed by atoms with Crippen LogP contribution < -0.4 is 5.32 Å². The minimum absolute atomic E-state index is 0.0203. The highest BCUT2D eigenvalue weighted by Gasteiger charge is 2.18. The fourth-order valence-corrected chi connectivity index (χ4v) is 1.89. The minimum atomic E-state index is -1.44. The highest BCUT2D eigenvalue weighted by Crippen LogP contribution is 2.28. The van der Waals surface area contributed by atoms with E-state index in [0.29, 0.717) is 5.56 Å². The van der Waals surface area contributed by atoms with Gasteiger partial charge in [0.2, 0.25) is 0 Å². The molecule has 0 atom stereocenters. The Morgan fingerprint density at radius 2 is 1.43 bits per heavy atom. The highest BCUT2D eigenvalue weighted by atomic mass is 16.4. The Hall–Kier alpha value is -3.42. The molecule has 0 saturated heterocycles. The number of rotatable bonds is 4. The molecule has 8 heteroatoms. The summed E-state index contributed by atoms with van der Waals surface area (Å²) in [6.45, 7) is -0.0203. The third-order valence-electron chi connectivity index (χ3n) is 3.08. The van der Waals surface area contributed by atoms with E-state index in [9.17, 15) is 30.0 Å². The second kappa shape index (κ2) is 6.14. The van der Waals surface area contributed by atoms with Crippen LogP contribution in [0.15, 0.2) is 30.3 Å². The molecule has 0 aliphatic carbocycles. The van der Waals surface area contributed by atoms with Crippen molar-refractivity contribution in [2.45, 2.75) is 6.54 Å². The summed E-state index contributed by atoms with van der Waals surface area (Å²) in [5.74, 6) is -4.07. The Labute approximate surface area is 129 Å². The number of carbonyl (C=O) groups excluding carboxylic acids is 1. The van der Waals surface area contributed by atoms with Crippen LogP contribution in [0.1, 0.15) is 26.3 Å². The smallest absolute Gasteiger partial charge is 0.339 e. The van der Waals surface area contributed by atoms with Gasteiger partial charge in [-0.15, -0.1) is 0 Å². The topological polar surface area (TPSA) is 147 Å². The summed E-state index contributed by atoms with van der Waals surface area (Å²) in [6, 6.07) is 5.60. The Balaban J connectivity index is 2.16. The van der Waals surface area contributed by atoms with Crippen LogP contribution in [0.5, 0.6) is 23.0 Å². The largest absolute Gasteiger partial charge is 0.507 e. The Morgan fingerprint density at radius 3 is 2.04 bits per heavy atom. The first kappa shape index (κ1) is 16.0.